The Labute approximate surface area is 195 Å². The molecule has 0 saturated heterocycles. The molecule has 0 fully saturated rings. The van der Waals surface area contributed by atoms with Gasteiger partial charge in [0.15, 0.2) is 11.5 Å². The van der Waals surface area contributed by atoms with Gasteiger partial charge in [0.2, 0.25) is 11.7 Å². The molecular weight excluding hydrogens is 418 g/mol. The number of hydrogen-bond donors (Lipinski definition) is 1. The van der Waals surface area contributed by atoms with Gasteiger partial charge in [-0.15, -0.1) is 0 Å². The van der Waals surface area contributed by atoms with Gasteiger partial charge in [-0.25, -0.2) is 0 Å². The summed E-state index contributed by atoms with van der Waals surface area (Å²) in [4.78, 5) is 12.4. The van der Waals surface area contributed by atoms with Crippen LogP contribution in [0.1, 0.15) is 28.7 Å². The van der Waals surface area contributed by atoms with Crippen LogP contribution in [-0.4, -0.2) is 27.2 Å². The van der Waals surface area contributed by atoms with Crippen molar-refractivity contribution in [2.24, 2.45) is 0 Å². The number of benzene rings is 3. The highest BCUT2D eigenvalue weighted by Gasteiger charge is 2.14. The van der Waals surface area contributed by atoms with Gasteiger partial charge < -0.3 is 24.3 Å². The van der Waals surface area contributed by atoms with E-state index in [1.165, 1.54) is 0 Å². The molecule has 1 amide bonds. The second kappa shape index (κ2) is 12.5. The molecule has 174 valence electrons. The lowest BCUT2D eigenvalue weighted by molar-refractivity contribution is -0.121. The van der Waals surface area contributed by atoms with E-state index in [4.69, 9.17) is 18.9 Å². The molecule has 3 rings (SSSR count). The number of ether oxygens (including phenoxy) is 4. The summed E-state index contributed by atoms with van der Waals surface area (Å²) in [6, 6.07) is 21.9. The molecule has 0 aliphatic rings. The fourth-order valence-electron chi connectivity index (χ4n) is 3.52. The second-order valence-corrected chi connectivity index (χ2v) is 7.61. The van der Waals surface area contributed by atoms with E-state index in [1.807, 2.05) is 60.7 Å². The predicted molar refractivity (Wildman–Crippen MR) is 128 cm³/mol. The van der Waals surface area contributed by atoms with Crippen molar-refractivity contribution in [1.82, 2.24) is 5.32 Å². The van der Waals surface area contributed by atoms with Gasteiger partial charge >= 0.3 is 0 Å². The van der Waals surface area contributed by atoms with Crippen LogP contribution in [0.4, 0.5) is 0 Å². The van der Waals surface area contributed by atoms with E-state index in [1.54, 1.807) is 21.3 Å². The molecule has 1 N–H and O–H groups in total. The quantitative estimate of drug-likeness (QED) is 0.435. The third-order valence-electron chi connectivity index (χ3n) is 5.23. The fraction of sp³-hybridized carbons (Fsp3) is 0.296. The molecule has 33 heavy (non-hydrogen) atoms. The van der Waals surface area contributed by atoms with Gasteiger partial charge in [-0.1, -0.05) is 54.6 Å². The normalized spacial score (nSPS) is 10.5. The molecule has 0 aromatic heterocycles. The predicted octanol–water partition coefficient (Wildman–Crippen LogP) is 4.68. The summed E-state index contributed by atoms with van der Waals surface area (Å²) in [5.74, 6) is 1.69. The van der Waals surface area contributed by atoms with E-state index in [0.717, 1.165) is 22.3 Å². The van der Waals surface area contributed by atoms with Crippen LogP contribution in [0.5, 0.6) is 17.2 Å². The number of rotatable bonds is 12. The highest BCUT2D eigenvalue weighted by Crippen LogP contribution is 2.38. The Kier molecular flexibility index (Phi) is 9.15. The van der Waals surface area contributed by atoms with Crippen molar-refractivity contribution in [2.75, 3.05) is 21.3 Å². The smallest absolute Gasteiger partial charge is 0.220 e. The van der Waals surface area contributed by atoms with Crippen LogP contribution in [0, 0.1) is 0 Å². The van der Waals surface area contributed by atoms with E-state index in [0.29, 0.717) is 49.8 Å². The minimum absolute atomic E-state index is 0.0190. The van der Waals surface area contributed by atoms with Crippen molar-refractivity contribution in [3.05, 3.63) is 89.0 Å². The summed E-state index contributed by atoms with van der Waals surface area (Å²) in [6.07, 6.45) is 0.925. The lowest BCUT2D eigenvalue weighted by atomic mass is 10.1. The van der Waals surface area contributed by atoms with Gasteiger partial charge in [-0.3, -0.25) is 4.79 Å². The lowest BCUT2D eigenvalue weighted by Crippen LogP contribution is -2.23. The molecule has 6 nitrogen and oxygen atoms in total. The Balaban J connectivity index is 1.47. The first-order valence-corrected chi connectivity index (χ1v) is 10.9. The third kappa shape index (κ3) is 7.26. The maximum atomic E-state index is 12.4. The Morgan fingerprint density at radius 1 is 0.727 bits per heavy atom. The first kappa shape index (κ1) is 24.1. The van der Waals surface area contributed by atoms with E-state index in [2.05, 4.69) is 11.4 Å². The third-order valence-corrected chi connectivity index (χ3v) is 5.23. The highest BCUT2D eigenvalue weighted by molar-refractivity contribution is 5.76. The van der Waals surface area contributed by atoms with Crippen molar-refractivity contribution >= 4 is 5.91 Å². The zero-order valence-corrected chi connectivity index (χ0v) is 19.4. The van der Waals surface area contributed by atoms with Gasteiger partial charge in [-0.2, -0.15) is 0 Å². The van der Waals surface area contributed by atoms with Crippen LogP contribution in [0.2, 0.25) is 0 Å². The van der Waals surface area contributed by atoms with E-state index in [9.17, 15) is 4.79 Å². The van der Waals surface area contributed by atoms with Crippen molar-refractivity contribution in [3.8, 4) is 17.2 Å². The molecule has 6 heteroatoms. The van der Waals surface area contributed by atoms with Crippen molar-refractivity contribution in [3.63, 3.8) is 0 Å². The van der Waals surface area contributed by atoms with Gasteiger partial charge in [0.25, 0.3) is 0 Å². The molecule has 0 saturated carbocycles. The minimum Gasteiger partial charge on any atom is -0.493 e. The van der Waals surface area contributed by atoms with Gasteiger partial charge in [0, 0.05) is 13.0 Å². The number of methoxy groups -OCH3 is 3. The number of hydrogen-bond acceptors (Lipinski definition) is 5. The van der Waals surface area contributed by atoms with Gasteiger partial charge in [0.05, 0.1) is 34.5 Å². The molecule has 0 heterocycles. The van der Waals surface area contributed by atoms with Crippen molar-refractivity contribution < 1.29 is 23.7 Å². The molecule has 0 atom stereocenters. The molecule has 3 aromatic carbocycles. The molecule has 0 aliphatic heterocycles. The second-order valence-electron chi connectivity index (χ2n) is 7.61. The monoisotopic (exact) mass is 449 g/mol. The average Bonchev–Trinajstić information content (AvgIpc) is 2.86. The molecule has 0 radical (unpaired) electrons. The largest absolute Gasteiger partial charge is 0.493 e. The minimum atomic E-state index is -0.0190. The number of carbonyl (C=O) groups excluding carboxylic acids is 1. The van der Waals surface area contributed by atoms with Gasteiger partial charge in [0.1, 0.15) is 0 Å². The summed E-state index contributed by atoms with van der Waals surface area (Å²) in [5, 5.41) is 2.99. The van der Waals surface area contributed by atoms with Crippen LogP contribution < -0.4 is 19.5 Å². The number of nitrogens with one attached hydrogen (secondary N) is 1. The highest BCUT2D eigenvalue weighted by atomic mass is 16.5. The van der Waals surface area contributed by atoms with Crippen LogP contribution >= 0.6 is 0 Å². The summed E-state index contributed by atoms with van der Waals surface area (Å²) in [7, 11) is 4.72. The van der Waals surface area contributed by atoms with E-state index in [-0.39, 0.29) is 5.91 Å². The average molecular weight is 450 g/mol. The molecule has 0 bridgehead atoms. The Morgan fingerprint density at radius 2 is 1.36 bits per heavy atom. The summed E-state index contributed by atoms with van der Waals surface area (Å²) < 4.78 is 21.9. The van der Waals surface area contributed by atoms with Crippen molar-refractivity contribution in [2.45, 2.75) is 32.6 Å². The first-order valence-electron chi connectivity index (χ1n) is 10.9. The molecule has 3 aromatic rings. The Bertz CT molecular complexity index is 1010. The summed E-state index contributed by atoms with van der Waals surface area (Å²) >= 11 is 0. The van der Waals surface area contributed by atoms with Crippen molar-refractivity contribution in [1.29, 1.82) is 0 Å². The fourth-order valence-corrected chi connectivity index (χ4v) is 3.52. The topological polar surface area (TPSA) is 66.0 Å². The number of carbonyl (C=O) groups is 1. The number of amides is 1. The zero-order valence-electron chi connectivity index (χ0n) is 19.4. The molecule has 0 aliphatic carbocycles. The zero-order chi connectivity index (χ0) is 23.5. The SMILES string of the molecule is COc1cc(CCC(=O)NCc2cccc(COCc3ccccc3)c2)cc(OC)c1OC. The van der Waals surface area contributed by atoms with Crippen LogP contribution in [-0.2, 0) is 35.7 Å². The Morgan fingerprint density at radius 3 is 2.03 bits per heavy atom. The van der Waals surface area contributed by atoms with Crippen LogP contribution in [0.3, 0.4) is 0 Å². The number of aryl methyl sites for hydroxylation is 1. The maximum absolute atomic E-state index is 12.4. The van der Waals surface area contributed by atoms with Crippen LogP contribution in [0.15, 0.2) is 66.7 Å². The van der Waals surface area contributed by atoms with Crippen LogP contribution in [0.25, 0.3) is 0 Å². The maximum Gasteiger partial charge on any atom is 0.220 e. The Hall–Kier alpha value is -3.51. The lowest BCUT2D eigenvalue weighted by Gasteiger charge is -2.14. The summed E-state index contributed by atoms with van der Waals surface area (Å²) in [6.45, 7) is 1.57. The molecule has 0 unspecified atom stereocenters. The standard InChI is InChI=1S/C27H31NO5/c1-30-24-15-21(16-25(31-2)27(24)32-3)12-13-26(29)28-17-22-10-7-11-23(14-22)19-33-18-20-8-5-4-6-9-20/h4-11,14-16H,12-13,17-19H2,1-3H3,(H,28,29). The summed E-state index contributed by atoms with van der Waals surface area (Å²) in [5.41, 5.74) is 4.21. The van der Waals surface area contributed by atoms with Gasteiger partial charge in [-0.05, 0) is 40.8 Å². The van der Waals surface area contributed by atoms with E-state index >= 15 is 0 Å². The molecule has 0 spiro atoms. The first-order chi connectivity index (χ1) is 16.1. The van der Waals surface area contributed by atoms with E-state index < -0.39 is 0 Å². The molecular formula is C27H31NO5.